The first-order chi connectivity index (χ1) is 10.8. The minimum absolute atomic E-state index is 0.204. The summed E-state index contributed by atoms with van der Waals surface area (Å²) >= 11 is 0. The number of rotatable bonds is 4. The van der Waals surface area contributed by atoms with E-state index in [9.17, 15) is 4.79 Å². The van der Waals surface area contributed by atoms with Crippen LogP contribution in [0, 0.1) is 0 Å². The van der Waals surface area contributed by atoms with Gasteiger partial charge in [-0.05, 0) is 31.2 Å². The summed E-state index contributed by atoms with van der Waals surface area (Å²) in [4.78, 5) is 16.3. The van der Waals surface area contributed by atoms with E-state index in [1.807, 2.05) is 37.3 Å². The second-order valence-electron chi connectivity index (χ2n) is 4.73. The maximum Gasteiger partial charge on any atom is 0.256 e. The van der Waals surface area contributed by atoms with Gasteiger partial charge in [-0.1, -0.05) is 18.2 Å². The second-order valence-corrected chi connectivity index (χ2v) is 4.73. The lowest BCUT2D eigenvalue weighted by Crippen LogP contribution is -2.21. The number of carbonyl (C=O) groups is 1. The van der Waals surface area contributed by atoms with E-state index in [4.69, 9.17) is 9.47 Å². The van der Waals surface area contributed by atoms with E-state index < -0.39 is 0 Å². The summed E-state index contributed by atoms with van der Waals surface area (Å²) in [5.41, 5.74) is 1.38. The Labute approximate surface area is 128 Å². The largest absolute Gasteiger partial charge is 0.490 e. The molecule has 0 aliphatic carbocycles. The monoisotopic (exact) mass is 296 g/mol. The van der Waals surface area contributed by atoms with E-state index >= 15 is 0 Å². The Morgan fingerprint density at radius 2 is 2.23 bits per heavy atom. The normalized spacial score (nSPS) is 12.7. The molecular formula is C17H16N2O3. The number of pyridine rings is 1. The summed E-state index contributed by atoms with van der Waals surface area (Å²) in [6.45, 7) is 2.69. The molecule has 0 saturated heterocycles. The molecule has 0 spiro atoms. The van der Waals surface area contributed by atoms with Gasteiger partial charge in [0.2, 0.25) is 0 Å². The minimum Gasteiger partial charge on any atom is -0.490 e. The lowest BCUT2D eigenvalue weighted by Gasteiger charge is -2.20. The highest BCUT2D eigenvalue weighted by atomic mass is 16.5. The van der Waals surface area contributed by atoms with Crippen LogP contribution in [0.5, 0.6) is 11.5 Å². The van der Waals surface area contributed by atoms with E-state index in [2.05, 4.69) is 10.3 Å². The molecule has 0 bridgehead atoms. The highest BCUT2D eigenvalue weighted by Crippen LogP contribution is 2.35. The van der Waals surface area contributed by atoms with Crippen molar-refractivity contribution in [3.63, 3.8) is 0 Å². The third-order valence-electron chi connectivity index (χ3n) is 3.21. The van der Waals surface area contributed by atoms with Crippen molar-refractivity contribution in [2.45, 2.75) is 6.92 Å². The lowest BCUT2D eigenvalue weighted by atomic mass is 10.1. The molecule has 5 nitrogen and oxygen atoms in total. The predicted molar refractivity (Wildman–Crippen MR) is 83.9 cm³/mol. The number of carbonyl (C=O) groups excluding carboxylic acids is 1. The van der Waals surface area contributed by atoms with Crippen LogP contribution in [0.15, 0.2) is 48.2 Å². The van der Waals surface area contributed by atoms with E-state index in [1.165, 1.54) is 0 Å². The number of hydrogen-bond donors (Lipinski definition) is 1. The maximum atomic E-state index is 12.3. The molecule has 2 aromatic rings. The molecule has 112 valence electrons. The molecule has 0 atom stereocenters. The van der Waals surface area contributed by atoms with Crippen molar-refractivity contribution in [2.24, 2.45) is 0 Å². The Balaban J connectivity index is 1.82. The summed E-state index contributed by atoms with van der Waals surface area (Å²) in [6, 6.07) is 11.0. The number of nitrogens with zero attached hydrogens (tertiary/aromatic N) is 1. The first-order valence-electron chi connectivity index (χ1n) is 7.09. The summed E-state index contributed by atoms with van der Waals surface area (Å²) in [5.74, 6) is 1.67. The molecule has 3 rings (SSSR count). The van der Waals surface area contributed by atoms with Crippen molar-refractivity contribution in [3.8, 4) is 11.5 Å². The average Bonchev–Trinajstić information content (AvgIpc) is 2.56. The maximum absolute atomic E-state index is 12.3. The highest BCUT2D eigenvalue weighted by Gasteiger charge is 2.20. The van der Waals surface area contributed by atoms with E-state index in [0.29, 0.717) is 29.5 Å². The number of fused-ring (bicyclic) bond motifs is 1. The van der Waals surface area contributed by atoms with Crippen LogP contribution in [0.1, 0.15) is 12.5 Å². The van der Waals surface area contributed by atoms with Crippen LogP contribution in [-0.2, 0) is 4.79 Å². The van der Waals surface area contributed by atoms with Crippen LogP contribution in [0.2, 0.25) is 0 Å². The first-order valence-corrected chi connectivity index (χ1v) is 7.09. The molecule has 1 aromatic heterocycles. The molecular weight excluding hydrogens is 280 g/mol. The number of ether oxygens (including phenoxy) is 2. The van der Waals surface area contributed by atoms with Crippen LogP contribution < -0.4 is 14.8 Å². The lowest BCUT2D eigenvalue weighted by molar-refractivity contribution is -0.113. The third kappa shape index (κ3) is 2.93. The van der Waals surface area contributed by atoms with Crippen LogP contribution in [-0.4, -0.2) is 24.1 Å². The summed E-state index contributed by atoms with van der Waals surface area (Å²) in [6.07, 6.45) is 3.45. The van der Waals surface area contributed by atoms with Gasteiger partial charge < -0.3 is 14.8 Å². The molecule has 0 saturated carbocycles. The zero-order chi connectivity index (χ0) is 15.4. The van der Waals surface area contributed by atoms with Gasteiger partial charge in [0.25, 0.3) is 5.91 Å². The van der Waals surface area contributed by atoms with Crippen molar-refractivity contribution in [2.75, 3.05) is 18.5 Å². The summed E-state index contributed by atoms with van der Waals surface area (Å²) in [5, 5.41) is 2.75. The summed E-state index contributed by atoms with van der Waals surface area (Å²) < 4.78 is 11.2. The highest BCUT2D eigenvalue weighted by molar-refractivity contribution is 6.07. The van der Waals surface area contributed by atoms with Crippen molar-refractivity contribution < 1.29 is 14.3 Å². The number of benzene rings is 1. The zero-order valence-electron chi connectivity index (χ0n) is 12.2. The second kappa shape index (κ2) is 6.30. The van der Waals surface area contributed by atoms with Gasteiger partial charge in [0.15, 0.2) is 11.5 Å². The van der Waals surface area contributed by atoms with Gasteiger partial charge in [-0.25, -0.2) is 4.98 Å². The van der Waals surface area contributed by atoms with Gasteiger partial charge in [-0.15, -0.1) is 0 Å². The Kier molecular flexibility index (Phi) is 4.05. The predicted octanol–water partition coefficient (Wildman–Crippen LogP) is 2.89. The minimum atomic E-state index is -0.217. The van der Waals surface area contributed by atoms with Gasteiger partial charge in [0, 0.05) is 11.8 Å². The molecule has 22 heavy (non-hydrogen) atoms. The number of nitrogens with one attached hydrogen (secondary N) is 1. The van der Waals surface area contributed by atoms with E-state index in [0.717, 1.165) is 5.56 Å². The molecule has 1 aliphatic heterocycles. The molecule has 1 aliphatic rings. The molecule has 2 heterocycles. The smallest absolute Gasteiger partial charge is 0.256 e. The van der Waals surface area contributed by atoms with Gasteiger partial charge in [0.1, 0.15) is 12.4 Å². The van der Waals surface area contributed by atoms with Crippen molar-refractivity contribution in [3.05, 3.63) is 53.7 Å². The summed E-state index contributed by atoms with van der Waals surface area (Å²) in [7, 11) is 0. The molecule has 1 amide bonds. The Hall–Kier alpha value is -2.82. The van der Waals surface area contributed by atoms with Crippen LogP contribution >= 0.6 is 0 Å². The average molecular weight is 296 g/mol. The Morgan fingerprint density at radius 1 is 1.32 bits per heavy atom. The van der Waals surface area contributed by atoms with Gasteiger partial charge in [-0.3, -0.25) is 4.79 Å². The van der Waals surface area contributed by atoms with Crippen LogP contribution in [0.25, 0.3) is 6.08 Å². The molecule has 0 unspecified atom stereocenters. The SMILES string of the molecule is CCOc1cccc2c1OCC(C(=O)Nc1ccccn1)=C2. The first kappa shape index (κ1) is 14.1. The van der Waals surface area contributed by atoms with Crippen molar-refractivity contribution >= 4 is 17.8 Å². The van der Waals surface area contributed by atoms with E-state index in [1.54, 1.807) is 18.3 Å². The topological polar surface area (TPSA) is 60.5 Å². The Bertz CT molecular complexity index is 711. The van der Waals surface area contributed by atoms with Crippen molar-refractivity contribution in [1.29, 1.82) is 0 Å². The fraction of sp³-hybridized carbons (Fsp3) is 0.176. The number of hydrogen-bond acceptors (Lipinski definition) is 4. The molecule has 1 aromatic carbocycles. The number of anilines is 1. The quantitative estimate of drug-likeness (QED) is 0.942. The van der Waals surface area contributed by atoms with Crippen LogP contribution in [0.4, 0.5) is 5.82 Å². The number of para-hydroxylation sites is 1. The fourth-order valence-corrected chi connectivity index (χ4v) is 2.21. The zero-order valence-corrected chi connectivity index (χ0v) is 12.2. The van der Waals surface area contributed by atoms with Crippen molar-refractivity contribution in [1.82, 2.24) is 4.98 Å². The number of aromatic nitrogens is 1. The van der Waals surface area contributed by atoms with Gasteiger partial charge >= 0.3 is 0 Å². The fourth-order valence-electron chi connectivity index (χ4n) is 2.21. The van der Waals surface area contributed by atoms with Gasteiger partial charge in [0.05, 0.1) is 12.2 Å². The number of amides is 1. The Morgan fingerprint density at radius 3 is 3.00 bits per heavy atom. The molecule has 1 N–H and O–H groups in total. The molecule has 0 radical (unpaired) electrons. The molecule has 0 fully saturated rings. The van der Waals surface area contributed by atoms with E-state index in [-0.39, 0.29) is 12.5 Å². The third-order valence-corrected chi connectivity index (χ3v) is 3.21. The molecule has 5 heteroatoms. The standard InChI is InChI=1S/C17H16N2O3/c1-2-21-14-7-5-6-12-10-13(11-22-16(12)14)17(20)19-15-8-3-4-9-18-15/h3-10H,2,11H2,1H3,(H,18,19,20). The van der Waals surface area contributed by atoms with Crippen LogP contribution in [0.3, 0.4) is 0 Å². The van der Waals surface area contributed by atoms with Gasteiger partial charge in [-0.2, -0.15) is 0 Å².